The van der Waals surface area contributed by atoms with Gasteiger partial charge in [-0.05, 0) is 103 Å². The maximum absolute atomic E-state index is 12.7. The van der Waals surface area contributed by atoms with E-state index in [-0.39, 0.29) is 31.6 Å². The zero-order valence-corrected chi connectivity index (χ0v) is 42.7. The van der Waals surface area contributed by atoms with Crippen LogP contribution in [0.15, 0.2) is 134 Å². The summed E-state index contributed by atoms with van der Waals surface area (Å²) in [4.78, 5) is 25.4. The molecule has 1 unspecified atom stereocenters. The summed E-state index contributed by atoms with van der Waals surface area (Å²) in [6.45, 7) is 7.27. The number of rotatable bonds is 47. The Morgan fingerprint density at radius 3 is 1.17 bits per heavy atom. The molecule has 0 aromatic heterocycles. The van der Waals surface area contributed by atoms with Crippen LogP contribution in [0.2, 0.25) is 0 Å². The third-order valence-corrected chi connectivity index (χ3v) is 10.7. The first-order valence-corrected chi connectivity index (χ1v) is 26.7. The van der Waals surface area contributed by atoms with Crippen LogP contribution >= 0.6 is 0 Å². The summed E-state index contributed by atoms with van der Waals surface area (Å²) in [6.07, 6.45) is 79.4. The summed E-state index contributed by atoms with van der Waals surface area (Å²) < 4.78 is 17.2. The predicted molar refractivity (Wildman–Crippen MR) is 288 cm³/mol. The standard InChI is InChI=1S/C61H98O5/c1-4-7-10-13-16-19-22-25-28-30-31-32-34-36-39-42-45-48-51-54-60(62)65-58-59(57-64-56-53-50-47-44-41-38-35-29-26-23-20-17-14-11-8-5-2)66-61(63)55-52-49-46-43-40-37-33-27-24-21-18-15-12-9-6-3/h8-9,11-12,17-18,20-21,25-29,33,38,40-41,43,47,49-50,52,59H,4-7,10,13-16,19,22-24,30-32,34-37,39,42,44-46,48,51,53-58H2,1-3H3/b11-8-,12-9-,20-17-,21-18-,28-25-,29-26-,33-27-,41-38-,43-40-,50-47-,52-49-. The van der Waals surface area contributed by atoms with Gasteiger partial charge in [-0.3, -0.25) is 9.59 Å². The second-order valence-electron chi connectivity index (χ2n) is 17.0. The molecule has 0 aromatic rings. The normalized spacial score (nSPS) is 13.3. The molecule has 0 aromatic carbocycles. The Balaban J connectivity index is 4.49. The van der Waals surface area contributed by atoms with Crippen LogP contribution in [-0.2, 0) is 23.8 Å². The minimum Gasteiger partial charge on any atom is -0.462 e. The van der Waals surface area contributed by atoms with Crippen molar-refractivity contribution in [3.8, 4) is 0 Å². The van der Waals surface area contributed by atoms with Crippen molar-refractivity contribution in [2.75, 3.05) is 19.8 Å². The van der Waals surface area contributed by atoms with Crippen LogP contribution in [0.1, 0.15) is 213 Å². The van der Waals surface area contributed by atoms with Gasteiger partial charge in [0.1, 0.15) is 6.61 Å². The third-order valence-electron chi connectivity index (χ3n) is 10.7. The Hall–Kier alpha value is -3.96. The highest BCUT2D eigenvalue weighted by Crippen LogP contribution is 2.13. The van der Waals surface area contributed by atoms with Gasteiger partial charge < -0.3 is 14.2 Å². The molecule has 0 aliphatic rings. The third kappa shape index (κ3) is 52.7. The first-order chi connectivity index (χ1) is 32.6. The molecule has 0 spiro atoms. The Morgan fingerprint density at radius 1 is 0.364 bits per heavy atom. The van der Waals surface area contributed by atoms with Crippen molar-refractivity contribution in [2.24, 2.45) is 0 Å². The molecule has 0 bridgehead atoms. The number of unbranched alkanes of at least 4 members (excludes halogenated alkanes) is 15. The second-order valence-corrected chi connectivity index (χ2v) is 17.0. The molecule has 0 radical (unpaired) electrons. The van der Waals surface area contributed by atoms with Crippen molar-refractivity contribution in [3.63, 3.8) is 0 Å². The van der Waals surface area contributed by atoms with E-state index in [9.17, 15) is 9.59 Å². The zero-order valence-electron chi connectivity index (χ0n) is 42.7. The summed E-state index contributed by atoms with van der Waals surface area (Å²) >= 11 is 0. The quantitative estimate of drug-likeness (QED) is 0.0346. The van der Waals surface area contributed by atoms with E-state index in [1.54, 1.807) is 0 Å². The molecular formula is C61H98O5. The van der Waals surface area contributed by atoms with E-state index in [1.807, 2.05) is 12.2 Å². The van der Waals surface area contributed by atoms with Crippen molar-refractivity contribution in [1.29, 1.82) is 0 Å². The van der Waals surface area contributed by atoms with Gasteiger partial charge in [0, 0.05) is 6.42 Å². The maximum Gasteiger partial charge on any atom is 0.310 e. The van der Waals surface area contributed by atoms with Crippen molar-refractivity contribution in [1.82, 2.24) is 0 Å². The highest BCUT2D eigenvalue weighted by atomic mass is 16.6. The lowest BCUT2D eigenvalue weighted by molar-refractivity contribution is -0.162. The SMILES string of the molecule is CC/C=C\C/C=C\C/C=C\C/C=C\C/C=C\CCOCC(COC(=O)CCCCCCCCCCC/C=C\CCCCCCCC)OC(=O)C/C=C\C/C=C\C/C=C\C/C=C\C/C=C\CC. The molecule has 0 rings (SSSR count). The fourth-order valence-electron chi connectivity index (χ4n) is 6.82. The van der Waals surface area contributed by atoms with Gasteiger partial charge in [0.15, 0.2) is 6.10 Å². The average molecular weight is 911 g/mol. The molecule has 5 heteroatoms. The largest absolute Gasteiger partial charge is 0.462 e. The van der Waals surface area contributed by atoms with Gasteiger partial charge in [-0.2, -0.15) is 0 Å². The molecule has 372 valence electrons. The Kier molecular flexibility index (Phi) is 52.0. The van der Waals surface area contributed by atoms with Crippen LogP contribution < -0.4 is 0 Å². The highest BCUT2D eigenvalue weighted by molar-refractivity contribution is 5.71. The predicted octanol–water partition coefficient (Wildman–Crippen LogP) is 18.3. The molecule has 0 N–H and O–H groups in total. The Morgan fingerprint density at radius 2 is 0.727 bits per heavy atom. The van der Waals surface area contributed by atoms with Crippen LogP contribution in [-0.4, -0.2) is 37.9 Å². The van der Waals surface area contributed by atoms with Gasteiger partial charge in [-0.15, -0.1) is 0 Å². The summed E-state index contributed by atoms with van der Waals surface area (Å²) in [5.74, 6) is -0.594. The topological polar surface area (TPSA) is 61.8 Å². The van der Waals surface area contributed by atoms with Crippen LogP contribution in [0, 0.1) is 0 Å². The smallest absolute Gasteiger partial charge is 0.310 e. The average Bonchev–Trinajstić information content (AvgIpc) is 3.32. The minimum atomic E-state index is -0.640. The lowest BCUT2D eigenvalue weighted by Gasteiger charge is -2.18. The molecule has 0 saturated heterocycles. The number of hydrogen-bond donors (Lipinski definition) is 0. The van der Waals surface area contributed by atoms with Crippen molar-refractivity contribution in [3.05, 3.63) is 134 Å². The van der Waals surface area contributed by atoms with E-state index in [0.717, 1.165) is 89.9 Å². The molecule has 5 nitrogen and oxygen atoms in total. The van der Waals surface area contributed by atoms with Gasteiger partial charge in [0.05, 0.1) is 19.6 Å². The van der Waals surface area contributed by atoms with E-state index in [1.165, 1.54) is 89.9 Å². The molecule has 0 saturated carbocycles. The van der Waals surface area contributed by atoms with Crippen molar-refractivity contribution < 1.29 is 23.8 Å². The Labute approximate surface area is 407 Å². The molecular weight excluding hydrogens is 813 g/mol. The summed E-state index contributed by atoms with van der Waals surface area (Å²) in [7, 11) is 0. The molecule has 66 heavy (non-hydrogen) atoms. The molecule has 0 amide bonds. The molecule has 0 aliphatic heterocycles. The zero-order chi connectivity index (χ0) is 47.7. The number of carbonyl (C=O) groups excluding carboxylic acids is 2. The minimum absolute atomic E-state index is 0.00677. The summed E-state index contributed by atoms with van der Waals surface area (Å²) in [5, 5.41) is 0. The van der Waals surface area contributed by atoms with Crippen molar-refractivity contribution >= 4 is 11.9 Å². The van der Waals surface area contributed by atoms with Crippen LogP contribution in [0.25, 0.3) is 0 Å². The number of carbonyl (C=O) groups is 2. The second kappa shape index (κ2) is 55.4. The lowest BCUT2D eigenvalue weighted by Crippen LogP contribution is -2.29. The summed E-state index contributed by atoms with van der Waals surface area (Å²) in [6, 6.07) is 0. The van der Waals surface area contributed by atoms with Gasteiger partial charge in [-0.25, -0.2) is 0 Å². The number of hydrogen-bond acceptors (Lipinski definition) is 5. The van der Waals surface area contributed by atoms with E-state index < -0.39 is 6.10 Å². The lowest BCUT2D eigenvalue weighted by atomic mass is 10.1. The van der Waals surface area contributed by atoms with E-state index in [0.29, 0.717) is 13.0 Å². The van der Waals surface area contributed by atoms with E-state index in [4.69, 9.17) is 14.2 Å². The molecule has 0 heterocycles. The molecule has 0 fully saturated rings. The fourth-order valence-corrected chi connectivity index (χ4v) is 6.82. The first-order valence-electron chi connectivity index (χ1n) is 26.7. The van der Waals surface area contributed by atoms with Gasteiger partial charge in [-0.1, -0.05) is 231 Å². The first kappa shape index (κ1) is 62.0. The van der Waals surface area contributed by atoms with E-state index in [2.05, 4.69) is 142 Å². The molecule has 1 atom stereocenters. The van der Waals surface area contributed by atoms with Crippen LogP contribution in [0.5, 0.6) is 0 Å². The summed E-state index contributed by atoms with van der Waals surface area (Å²) in [5.41, 5.74) is 0. The van der Waals surface area contributed by atoms with E-state index >= 15 is 0 Å². The van der Waals surface area contributed by atoms with Gasteiger partial charge in [0.25, 0.3) is 0 Å². The number of esters is 2. The fraction of sp³-hybridized carbons (Fsp3) is 0.607. The van der Waals surface area contributed by atoms with Crippen molar-refractivity contribution in [2.45, 2.75) is 219 Å². The Bertz CT molecular complexity index is 1400. The number of ether oxygens (including phenoxy) is 3. The van der Waals surface area contributed by atoms with Crippen LogP contribution in [0.4, 0.5) is 0 Å². The molecule has 0 aliphatic carbocycles. The number of allylic oxidation sites excluding steroid dienone is 20. The highest BCUT2D eigenvalue weighted by Gasteiger charge is 2.17. The van der Waals surface area contributed by atoms with Crippen LogP contribution in [0.3, 0.4) is 0 Å². The monoisotopic (exact) mass is 911 g/mol. The maximum atomic E-state index is 12.7. The van der Waals surface area contributed by atoms with Gasteiger partial charge >= 0.3 is 11.9 Å². The van der Waals surface area contributed by atoms with Gasteiger partial charge in [0.2, 0.25) is 0 Å².